The van der Waals surface area contributed by atoms with Crippen LogP contribution in [0, 0.1) is 0 Å². The molecule has 1 unspecified atom stereocenters. The summed E-state index contributed by atoms with van der Waals surface area (Å²) in [6, 6.07) is 21.4. The molecule has 7 heteroatoms. The number of piperidine rings is 1. The Labute approximate surface area is 205 Å². The van der Waals surface area contributed by atoms with Gasteiger partial charge in [0.25, 0.3) is 0 Å². The fourth-order valence-corrected chi connectivity index (χ4v) is 4.51. The highest BCUT2D eigenvalue weighted by Crippen LogP contribution is 2.28. The summed E-state index contributed by atoms with van der Waals surface area (Å²) >= 11 is 0. The third-order valence-electron chi connectivity index (χ3n) is 6.28. The maximum absolute atomic E-state index is 10.6. The number of aliphatic hydroxyl groups is 1. The van der Waals surface area contributed by atoms with Crippen LogP contribution >= 0.6 is 0 Å². The van der Waals surface area contributed by atoms with Crippen LogP contribution in [0.25, 0.3) is 10.9 Å². The van der Waals surface area contributed by atoms with Gasteiger partial charge in [-0.2, -0.15) is 0 Å². The lowest BCUT2D eigenvalue weighted by molar-refractivity contribution is -0.0372. The molecule has 1 aromatic carbocycles. The van der Waals surface area contributed by atoms with Gasteiger partial charge in [-0.25, -0.2) is 0 Å². The first-order valence-electron chi connectivity index (χ1n) is 12.1. The smallest absolute Gasteiger partial charge is 0.142 e. The van der Waals surface area contributed by atoms with Gasteiger partial charge in [0.15, 0.2) is 0 Å². The molecular weight excluding hydrogens is 440 g/mol. The number of ether oxygens (including phenoxy) is 2. The van der Waals surface area contributed by atoms with Crippen molar-refractivity contribution >= 4 is 10.9 Å². The van der Waals surface area contributed by atoms with Crippen LogP contribution in [-0.4, -0.2) is 63.4 Å². The predicted molar refractivity (Wildman–Crippen MR) is 134 cm³/mol. The Morgan fingerprint density at radius 3 is 2.23 bits per heavy atom. The Hall–Kier alpha value is -3.39. The minimum atomic E-state index is -0.575. The molecule has 0 aliphatic carbocycles. The molecule has 0 spiro atoms. The van der Waals surface area contributed by atoms with E-state index in [1.165, 1.54) is 0 Å². The zero-order chi connectivity index (χ0) is 23.9. The highest BCUT2D eigenvalue weighted by Gasteiger charge is 2.27. The third-order valence-corrected chi connectivity index (χ3v) is 6.28. The van der Waals surface area contributed by atoms with Crippen molar-refractivity contribution in [3.8, 4) is 5.75 Å². The van der Waals surface area contributed by atoms with Crippen molar-refractivity contribution in [2.75, 3.05) is 26.2 Å². The van der Waals surface area contributed by atoms with E-state index in [4.69, 9.17) is 9.47 Å². The quantitative estimate of drug-likeness (QED) is 0.395. The van der Waals surface area contributed by atoms with Crippen molar-refractivity contribution in [3.05, 3.63) is 96.7 Å². The van der Waals surface area contributed by atoms with Gasteiger partial charge in [-0.15, -0.1) is 0 Å². The van der Waals surface area contributed by atoms with Crippen molar-refractivity contribution in [2.24, 2.45) is 0 Å². The molecule has 1 aliphatic rings. The van der Waals surface area contributed by atoms with Crippen LogP contribution in [0.5, 0.6) is 5.75 Å². The molecule has 4 aromatic rings. The molecular formula is C28H30N4O3. The molecule has 0 amide bonds. The molecule has 1 aliphatic heterocycles. The third kappa shape index (κ3) is 6.00. The van der Waals surface area contributed by atoms with Crippen LogP contribution in [0.15, 0.2) is 85.3 Å². The minimum absolute atomic E-state index is 0.108. The molecule has 1 fully saturated rings. The fourth-order valence-electron chi connectivity index (χ4n) is 4.51. The Bertz CT molecular complexity index is 1160. The molecule has 1 atom stereocenters. The number of rotatable bonds is 9. The molecule has 5 rings (SSSR count). The summed E-state index contributed by atoms with van der Waals surface area (Å²) in [6.07, 6.45) is 6.36. The average Bonchev–Trinajstić information content (AvgIpc) is 2.92. The van der Waals surface area contributed by atoms with E-state index in [1.54, 1.807) is 18.6 Å². The standard InChI is InChI=1S/C28H30N4O3/c33-21(20-34-27-11-5-10-24-23(27)7-6-16-29-24)19-32-17-12-22(13-18-32)35-28(25-8-1-3-14-30-25)26-9-2-4-15-31-26/h1-11,14-16,21-22,28,33H,12-13,17-20H2. The van der Waals surface area contributed by atoms with Gasteiger partial charge in [-0.05, 0) is 61.4 Å². The summed E-state index contributed by atoms with van der Waals surface area (Å²) in [7, 11) is 0. The molecule has 0 saturated carbocycles. The summed E-state index contributed by atoms with van der Waals surface area (Å²) in [4.78, 5) is 15.7. The first-order chi connectivity index (χ1) is 17.3. The molecule has 0 bridgehead atoms. The van der Waals surface area contributed by atoms with Crippen LogP contribution in [0.1, 0.15) is 30.3 Å². The fraction of sp³-hybridized carbons (Fsp3) is 0.321. The van der Waals surface area contributed by atoms with Gasteiger partial charge < -0.3 is 19.5 Å². The van der Waals surface area contributed by atoms with Crippen LogP contribution in [0.4, 0.5) is 0 Å². The number of aromatic nitrogens is 3. The highest BCUT2D eigenvalue weighted by atomic mass is 16.5. The van der Waals surface area contributed by atoms with Crippen LogP contribution in [-0.2, 0) is 4.74 Å². The molecule has 3 aromatic heterocycles. The molecule has 1 saturated heterocycles. The van der Waals surface area contributed by atoms with E-state index < -0.39 is 6.10 Å². The van der Waals surface area contributed by atoms with Crippen molar-refractivity contribution in [1.29, 1.82) is 0 Å². The Kier molecular flexibility index (Phi) is 7.58. The van der Waals surface area contributed by atoms with E-state index >= 15 is 0 Å². The number of β-amino-alcohol motifs (C(OH)–C–C–N with tert-alkyl or cyclic N) is 1. The first-order valence-corrected chi connectivity index (χ1v) is 12.1. The Balaban J connectivity index is 1.13. The second-order valence-electron chi connectivity index (χ2n) is 8.82. The van der Waals surface area contributed by atoms with Crippen molar-refractivity contribution in [1.82, 2.24) is 19.9 Å². The SMILES string of the molecule is OC(COc1cccc2ncccc12)CN1CCC(OC(c2ccccn2)c2ccccn2)CC1. The second kappa shape index (κ2) is 11.4. The molecule has 180 valence electrons. The van der Waals surface area contributed by atoms with Gasteiger partial charge in [-0.1, -0.05) is 18.2 Å². The van der Waals surface area contributed by atoms with E-state index in [-0.39, 0.29) is 18.8 Å². The summed E-state index contributed by atoms with van der Waals surface area (Å²) in [6.45, 7) is 2.53. The van der Waals surface area contributed by atoms with Crippen LogP contribution < -0.4 is 4.74 Å². The number of pyridine rings is 3. The number of hydrogen-bond donors (Lipinski definition) is 1. The van der Waals surface area contributed by atoms with Gasteiger partial charge in [0.2, 0.25) is 0 Å². The van der Waals surface area contributed by atoms with Crippen LogP contribution in [0.2, 0.25) is 0 Å². The molecule has 1 N–H and O–H groups in total. The van der Waals surface area contributed by atoms with E-state index in [1.807, 2.05) is 66.7 Å². The van der Waals surface area contributed by atoms with Gasteiger partial charge in [0.05, 0.1) is 23.0 Å². The summed E-state index contributed by atoms with van der Waals surface area (Å²) < 4.78 is 12.5. The molecule has 35 heavy (non-hydrogen) atoms. The molecule has 0 radical (unpaired) electrons. The van der Waals surface area contributed by atoms with E-state index in [9.17, 15) is 5.11 Å². The Morgan fingerprint density at radius 2 is 1.54 bits per heavy atom. The van der Waals surface area contributed by atoms with Crippen LogP contribution in [0.3, 0.4) is 0 Å². The van der Waals surface area contributed by atoms with Crippen molar-refractivity contribution < 1.29 is 14.6 Å². The van der Waals surface area contributed by atoms with E-state index in [0.717, 1.165) is 54.0 Å². The predicted octanol–water partition coefficient (Wildman–Crippen LogP) is 4.04. The monoisotopic (exact) mass is 470 g/mol. The zero-order valence-corrected chi connectivity index (χ0v) is 19.6. The molecule has 4 heterocycles. The lowest BCUT2D eigenvalue weighted by atomic mass is 10.1. The van der Waals surface area contributed by atoms with Gasteiger partial charge in [-0.3, -0.25) is 15.0 Å². The number of hydrogen-bond acceptors (Lipinski definition) is 7. The number of nitrogens with zero attached hydrogens (tertiary/aromatic N) is 4. The zero-order valence-electron chi connectivity index (χ0n) is 19.6. The average molecular weight is 471 g/mol. The summed E-state index contributed by atoms with van der Waals surface area (Å²) in [5.74, 6) is 0.747. The number of aliphatic hydroxyl groups excluding tert-OH is 1. The lowest BCUT2D eigenvalue weighted by Gasteiger charge is -2.34. The normalized spacial score (nSPS) is 15.9. The lowest BCUT2D eigenvalue weighted by Crippen LogP contribution is -2.42. The van der Waals surface area contributed by atoms with Gasteiger partial charge in [0.1, 0.15) is 24.6 Å². The number of benzene rings is 1. The number of fused-ring (bicyclic) bond motifs is 1. The second-order valence-corrected chi connectivity index (χ2v) is 8.82. The van der Waals surface area contributed by atoms with Crippen molar-refractivity contribution in [2.45, 2.75) is 31.2 Å². The Morgan fingerprint density at radius 1 is 0.829 bits per heavy atom. The highest BCUT2D eigenvalue weighted by molar-refractivity contribution is 5.84. The topological polar surface area (TPSA) is 80.6 Å². The maximum Gasteiger partial charge on any atom is 0.142 e. The van der Waals surface area contributed by atoms with Crippen molar-refractivity contribution in [3.63, 3.8) is 0 Å². The summed E-state index contributed by atoms with van der Waals surface area (Å²) in [5, 5.41) is 11.6. The summed E-state index contributed by atoms with van der Waals surface area (Å²) in [5.41, 5.74) is 2.62. The first kappa shape index (κ1) is 23.4. The maximum atomic E-state index is 10.6. The number of likely N-dealkylation sites (tertiary alicyclic amines) is 1. The van der Waals surface area contributed by atoms with E-state index in [0.29, 0.717) is 6.54 Å². The van der Waals surface area contributed by atoms with Gasteiger partial charge >= 0.3 is 0 Å². The molecule has 7 nitrogen and oxygen atoms in total. The van der Waals surface area contributed by atoms with Gasteiger partial charge in [0, 0.05) is 43.6 Å². The van der Waals surface area contributed by atoms with E-state index in [2.05, 4.69) is 19.9 Å². The largest absolute Gasteiger partial charge is 0.490 e. The minimum Gasteiger partial charge on any atom is -0.490 e.